The number of rotatable bonds is 6. The summed E-state index contributed by atoms with van der Waals surface area (Å²) in [5, 5.41) is 6.56. The van der Waals surface area contributed by atoms with Crippen LogP contribution in [0.3, 0.4) is 0 Å². The highest BCUT2D eigenvalue weighted by atomic mass is 32.1. The average Bonchev–Trinajstić information content (AvgIpc) is 2.94. The lowest BCUT2D eigenvalue weighted by Crippen LogP contribution is -2.18. The number of thiazole rings is 1. The molecule has 0 radical (unpaired) electrons. The first-order chi connectivity index (χ1) is 8.31. The second kappa shape index (κ2) is 6.26. The van der Waals surface area contributed by atoms with Crippen molar-refractivity contribution in [1.82, 2.24) is 10.3 Å². The predicted molar refractivity (Wildman–Crippen MR) is 73.7 cm³/mol. The zero-order chi connectivity index (χ0) is 12.1. The SMILES string of the molecule is COCCNCc1sc(-c2cccs2)nc1C. The number of hydrogen-bond donors (Lipinski definition) is 1. The van der Waals surface area contributed by atoms with Gasteiger partial charge in [-0.3, -0.25) is 0 Å². The van der Waals surface area contributed by atoms with E-state index in [0.29, 0.717) is 0 Å². The van der Waals surface area contributed by atoms with Crippen LogP contribution in [0.25, 0.3) is 9.88 Å². The Bertz CT molecular complexity index is 451. The Hall–Kier alpha value is -0.750. The number of aromatic nitrogens is 1. The fraction of sp³-hybridized carbons (Fsp3) is 0.417. The minimum atomic E-state index is 0.746. The molecule has 0 aliphatic rings. The molecule has 2 aromatic rings. The van der Waals surface area contributed by atoms with Crippen LogP contribution < -0.4 is 5.32 Å². The third kappa shape index (κ3) is 3.35. The molecule has 92 valence electrons. The van der Waals surface area contributed by atoms with Gasteiger partial charge >= 0.3 is 0 Å². The molecule has 1 N–H and O–H groups in total. The van der Waals surface area contributed by atoms with Gasteiger partial charge in [0.05, 0.1) is 17.2 Å². The molecule has 17 heavy (non-hydrogen) atoms. The molecule has 0 bridgehead atoms. The van der Waals surface area contributed by atoms with Crippen LogP contribution in [0.1, 0.15) is 10.6 Å². The molecule has 0 aromatic carbocycles. The number of methoxy groups -OCH3 is 1. The minimum Gasteiger partial charge on any atom is -0.383 e. The van der Waals surface area contributed by atoms with Gasteiger partial charge in [0.2, 0.25) is 0 Å². The Labute approximate surface area is 109 Å². The highest BCUT2D eigenvalue weighted by Gasteiger charge is 2.09. The molecular formula is C12H16N2OS2. The van der Waals surface area contributed by atoms with Gasteiger partial charge in [-0.15, -0.1) is 22.7 Å². The normalized spacial score (nSPS) is 10.9. The van der Waals surface area contributed by atoms with E-state index in [-0.39, 0.29) is 0 Å². The first-order valence-corrected chi connectivity index (χ1v) is 7.20. The van der Waals surface area contributed by atoms with Crippen molar-refractivity contribution in [3.05, 3.63) is 28.1 Å². The maximum atomic E-state index is 5.00. The van der Waals surface area contributed by atoms with Crippen molar-refractivity contribution in [3.63, 3.8) is 0 Å². The molecule has 3 nitrogen and oxygen atoms in total. The van der Waals surface area contributed by atoms with Gasteiger partial charge < -0.3 is 10.1 Å². The zero-order valence-electron chi connectivity index (χ0n) is 10.0. The molecular weight excluding hydrogens is 252 g/mol. The van der Waals surface area contributed by atoms with Crippen molar-refractivity contribution in [1.29, 1.82) is 0 Å². The molecule has 2 heterocycles. The second-order valence-corrected chi connectivity index (χ2v) is 5.71. The summed E-state index contributed by atoms with van der Waals surface area (Å²) in [7, 11) is 1.72. The molecule has 0 spiro atoms. The molecule has 0 aliphatic heterocycles. The maximum Gasteiger partial charge on any atom is 0.133 e. The predicted octanol–water partition coefficient (Wildman–Crippen LogP) is 2.92. The van der Waals surface area contributed by atoms with Crippen molar-refractivity contribution >= 4 is 22.7 Å². The van der Waals surface area contributed by atoms with Gasteiger partial charge in [-0.25, -0.2) is 4.98 Å². The topological polar surface area (TPSA) is 34.1 Å². The van der Waals surface area contributed by atoms with E-state index in [1.165, 1.54) is 9.75 Å². The van der Waals surface area contributed by atoms with Crippen LogP contribution in [0.15, 0.2) is 17.5 Å². The van der Waals surface area contributed by atoms with Crippen LogP contribution in [-0.2, 0) is 11.3 Å². The first kappa shape index (κ1) is 12.7. The van der Waals surface area contributed by atoms with Gasteiger partial charge in [0.1, 0.15) is 5.01 Å². The summed E-state index contributed by atoms with van der Waals surface area (Å²) in [4.78, 5) is 7.17. The molecule has 0 saturated carbocycles. The molecule has 0 aliphatic carbocycles. The maximum absolute atomic E-state index is 5.00. The summed E-state index contributed by atoms with van der Waals surface area (Å²) >= 11 is 3.51. The summed E-state index contributed by atoms with van der Waals surface area (Å²) in [6.07, 6.45) is 0. The molecule has 0 saturated heterocycles. The summed E-state index contributed by atoms with van der Waals surface area (Å²) in [6, 6.07) is 4.18. The lowest BCUT2D eigenvalue weighted by molar-refractivity contribution is 0.199. The number of nitrogens with one attached hydrogen (secondary N) is 1. The van der Waals surface area contributed by atoms with Gasteiger partial charge in [0.15, 0.2) is 0 Å². The van der Waals surface area contributed by atoms with Gasteiger partial charge in [-0.2, -0.15) is 0 Å². The summed E-state index contributed by atoms with van der Waals surface area (Å²) in [6.45, 7) is 4.57. The lowest BCUT2D eigenvalue weighted by atomic mass is 10.4. The Kier molecular flexibility index (Phi) is 4.67. The average molecular weight is 268 g/mol. The fourth-order valence-electron chi connectivity index (χ4n) is 1.47. The first-order valence-electron chi connectivity index (χ1n) is 5.51. The van der Waals surface area contributed by atoms with Gasteiger partial charge in [0.25, 0.3) is 0 Å². The molecule has 0 atom stereocenters. The quantitative estimate of drug-likeness (QED) is 0.818. The molecule has 0 unspecified atom stereocenters. The third-order valence-corrected chi connectivity index (χ3v) is 4.59. The van der Waals surface area contributed by atoms with Crippen molar-refractivity contribution in [2.75, 3.05) is 20.3 Å². The monoisotopic (exact) mass is 268 g/mol. The number of nitrogens with zero attached hydrogens (tertiary/aromatic N) is 1. The highest BCUT2D eigenvalue weighted by molar-refractivity contribution is 7.21. The van der Waals surface area contributed by atoms with Crippen molar-refractivity contribution in [2.24, 2.45) is 0 Å². The molecule has 2 aromatic heterocycles. The Balaban J connectivity index is 1.99. The fourth-order valence-corrected chi connectivity index (χ4v) is 3.30. The molecule has 5 heteroatoms. The van der Waals surface area contributed by atoms with Crippen LogP contribution in [0.4, 0.5) is 0 Å². The molecule has 0 fully saturated rings. The van der Waals surface area contributed by atoms with Gasteiger partial charge in [0, 0.05) is 25.1 Å². The van der Waals surface area contributed by atoms with E-state index in [1.807, 2.05) is 0 Å². The van der Waals surface area contributed by atoms with Crippen LogP contribution in [0, 0.1) is 6.92 Å². The van der Waals surface area contributed by atoms with Gasteiger partial charge in [-0.1, -0.05) is 6.07 Å². The highest BCUT2D eigenvalue weighted by Crippen LogP contribution is 2.30. The van der Waals surface area contributed by atoms with Crippen molar-refractivity contribution < 1.29 is 4.74 Å². The number of thiophene rings is 1. The van der Waals surface area contributed by atoms with Crippen molar-refractivity contribution in [2.45, 2.75) is 13.5 Å². The Morgan fingerprint density at radius 3 is 3.06 bits per heavy atom. The number of aryl methyl sites for hydroxylation is 1. The van der Waals surface area contributed by atoms with Crippen molar-refractivity contribution in [3.8, 4) is 9.88 Å². The number of ether oxygens (including phenoxy) is 1. The van der Waals surface area contributed by atoms with E-state index in [4.69, 9.17) is 4.74 Å². The third-order valence-electron chi connectivity index (χ3n) is 2.39. The largest absolute Gasteiger partial charge is 0.383 e. The number of hydrogen-bond acceptors (Lipinski definition) is 5. The summed E-state index contributed by atoms with van der Waals surface area (Å²) in [5.41, 5.74) is 1.13. The van der Waals surface area contributed by atoms with Gasteiger partial charge in [-0.05, 0) is 18.4 Å². The minimum absolute atomic E-state index is 0.746. The zero-order valence-corrected chi connectivity index (χ0v) is 11.7. The standard InChI is InChI=1S/C12H16N2OS2/c1-9-11(8-13-5-6-15-2)17-12(14-9)10-4-3-7-16-10/h3-4,7,13H,5-6,8H2,1-2H3. The van der Waals surface area contributed by atoms with Crippen LogP contribution in [0.2, 0.25) is 0 Å². The van der Waals surface area contributed by atoms with Crippen LogP contribution >= 0.6 is 22.7 Å². The van der Waals surface area contributed by atoms with E-state index in [1.54, 1.807) is 29.8 Å². The summed E-state index contributed by atoms with van der Waals surface area (Å²) < 4.78 is 5.00. The Morgan fingerprint density at radius 1 is 1.47 bits per heavy atom. The van der Waals surface area contributed by atoms with E-state index in [0.717, 1.165) is 30.4 Å². The van der Waals surface area contributed by atoms with E-state index in [9.17, 15) is 0 Å². The second-order valence-electron chi connectivity index (χ2n) is 3.67. The van der Waals surface area contributed by atoms with E-state index in [2.05, 4.69) is 34.7 Å². The van der Waals surface area contributed by atoms with E-state index >= 15 is 0 Å². The van der Waals surface area contributed by atoms with E-state index < -0.39 is 0 Å². The molecule has 2 rings (SSSR count). The smallest absolute Gasteiger partial charge is 0.133 e. The molecule has 0 amide bonds. The Morgan fingerprint density at radius 2 is 2.35 bits per heavy atom. The lowest BCUT2D eigenvalue weighted by Gasteiger charge is -2.01. The summed E-state index contributed by atoms with van der Waals surface area (Å²) in [5.74, 6) is 0. The van der Waals surface area contributed by atoms with Crippen LogP contribution in [0.5, 0.6) is 0 Å². The van der Waals surface area contributed by atoms with Crippen LogP contribution in [-0.4, -0.2) is 25.2 Å².